The Labute approximate surface area is 130 Å². The first-order valence-electron chi connectivity index (χ1n) is 7.36. The van der Waals surface area contributed by atoms with Gasteiger partial charge in [0.15, 0.2) is 5.96 Å². The zero-order valence-corrected chi connectivity index (χ0v) is 13.8. The lowest BCUT2D eigenvalue weighted by Gasteiger charge is -2.32. The first kappa shape index (κ1) is 15.8. The Morgan fingerprint density at radius 3 is 2.71 bits per heavy atom. The van der Waals surface area contributed by atoms with Crippen molar-refractivity contribution in [3.63, 3.8) is 0 Å². The monoisotopic (exact) mass is 308 g/mol. The fourth-order valence-corrected chi connectivity index (χ4v) is 3.32. The summed E-state index contributed by atoms with van der Waals surface area (Å²) in [6.07, 6.45) is 1.94. The third kappa shape index (κ3) is 4.46. The Morgan fingerprint density at radius 1 is 1.48 bits per heavy atom. The van der Waals surface area contributed by atoms with E-state index in [0.717, 1.165) is 38.4 Å². The van der Waals surface area contributed by atoms with Crippen molar-refractivity contribution in [2.24, 2.45) is 4.99 Å². The highest BCUT2D eigenvalue weighted by atomic mass is 32.1. The minimum atomic E-state index is 0.170. The number of hydrogen-bond donors (Lipinski definition) is 2. The van der Waals surface area contributed by atoms with Gasteiger partial charge in [-0.1, -0.05) is 0 Å². The van der Waals surface area contributed by atoms with Crippen LogP contribution in [-0.2, 0) is 11.3 Å². The van der Waals surface area contributed by atoms with E-state index in [1.807, 2.05) is 4.90 Å². The first-order chi connectivity index (χ1) is 10.1. The van der Waals surface area contributed by atoms with E-state index < -0.39 is 0 Å². The zero-order valence-electron chi connectivity index (χ0n) is 13.0. The highest BCUT2D eigenvalue weighted by Crippen LogP contribution is 2.15. The van der Waals surface area contributed by atoms with E-state index in [1.165, 1.54) is 10.4 Å². The van der Waals surface area contributed by atoms with Gasteiger partial charge in [0.05, 0.1) is 6.54 Å². The molecule has 0 unspecified atom stereocenters. The number of rotatable bonds is 3. The normalized spacial score (nSPS) is 16.9. The number of carbonyl (C=O) groups excluding carboxylic acids is 1. The molecule has 0 aromatic carbocycles. The predicted molar refractivity (Wildman–Crippen MR) is 87.7 cm³/mol. The van der Waals surface area contributed by atoms with E-state index in [-0.39, 0.29) is 5.91 Å². The Balaban J connectivity index is 1.78. The summed E-state index contributed by atoms with van der Waals surface area (Å²) in [5.74, 6) is 1.01. The predicted octanol–water partition coefficient (Wildman–Crippen LogP) is 1.73. The van der Waals surface area contributed by atoms with Gasteiger partial charge in [-0.15, -0.1) is 11.3 Å². The minimum Gasteiger partial charge on any atom is -0.354 e. The van der Waals surface area contributed by atoms with Crippen LogP contribution in [-0.4, -0.2) is 42.9 Å². The van der Waals surface area contributed by atoms with E-state index in [2.05, 4.69) is 34.0 Å². The second-order valence-electron chi connectivity index (χ2n) is 5.38. The number of piperidine rings is 1. The second-order valence-corrected chi connectivity index (χ2v) is 6.38. The summed E-state index contributed by atoms with van der Waals surface area (Å²) in [4.78, 5) is 18.8. The molecule has 0 aliphatic carbocycles. The van der Waals surface area contributed by atoms with Gasteiger partial charge in [-0.05, 0) is 36.8 Å². The summed E-state index contributed by atoms with van der Waals surface area (Å²) in [5.41, 5.74) is 1.32. The van der Waals surface area contributed by atoms with Gasteiger partial charge in [0.1, 0.15) is 0 Å². The van der Waals surface area contributed by atoms with Crippen LogP contribution in [0.15, 0.2) is 16.4 Å². The zero-order chi connectivity index (χ0) is 15.2. The van der Waals surface area contributed by atoms with Crippen molar-refractivity contribution in [3.05, 3.63) is 21.9 Å². The topological polar surface area (TPSA) is 56.7 Å². The molecule has 0 radical (unpaired) electrons. The van der Waals surface area contributed by atoms with E-state index >= 15 is 0 Å². The molecule has 5 nitrogen and oxygen atoms in total. The molecule has 21 heavy (non-hydrogen) atoms. The Bertz CT molecular complexity index is 504. The molecule has 1 aliphatic heterocycles. The molecule has 0 saturated carbocycles. The highest BCUT2D eigenvalue weighted by Gasteiger charge is 2.21. The molecule has 0 spiro atoms. The average Bonchev–Trinajstić information content (AvgIpc) is 2.89. The number of aliphatic imine (C=N–C) groups is 1. The fraction of sp³-hybridized carbons (Fsp3) is 0.600. The van der Waals surface area contributed by atoms with Gasteiger partial charge >= 0.3 is 0 Å². The number of likely N-dealkylation sites (tertiary alicyclic amines) is 1. The molecule has 1 fully saturated rings. The largest absolute Gasteiger partial charge is 0.354 e. The van der Waals surface area contributed by atoms with E-state index in [4.69, 9.17) is 0 Å². The molecule has 2 N–H and O–H groups in total. The van der Waals surface area contributed by atoms with Crippen LogP contribution < -0.4 is 10.6 Å². The smallest absolute Gasteiger partial charge is 0.219 e. The van der Waals surface area contributed by atoms with Crippen molar-refractivity contribution >= 4 is 23.2 Å². The molecule has 1 aromatic heterocycles. The third-order valence-electron chi connectivity index (χ3n) is 3.89. The van der Waals surface area contributed by atoms with Crippen molar-refractivity contribution in [1.29, 1.82) is 0 Å². The Morgan fingerprint density at radius 2 is 2.19 bits per heavy atom. The van der Waals surface area contributed by atoms with E-state index in [1.54, 1.807) is 25.3 Å². The number of guanidine groups is 1. The van der Waals surface area contributed by atoms with Gasteiger partial charge in [-0.2, -0.15) is 0 Å². The van der Waals surface area contributed by atoms with Crippen molar-refractivity contribution in [3.8, 4) is 0 Å². The summed E-state index contributed by atoms with van der Waals surface area (Å²) in [6, 6.07) is 2.52. The minimum absolute atomic E-state index is 0.170. The maximum absolute atomic E-state index is 11.3. The van der Waals surface area contributed by atoms with Crippen LogP contribution in [0.1, 0.15) is 30.2 Å². The molecule has 2 rings (SSSR count). The van der Waals surface area contributed by atoms with Crippen LogP contribution in [0.3, 0.4) is 0 Å². The number of carbonyl (C=O) groups is 1. The van der Waals surface area contributed by atoms with Gasteiger partial charge in [-0.25, -0.2) is 0 Å². The number of nitrogens with zero attached hydrogens (tertiary/aromatic N) is 2. The van der Waals surface area contributed by atoms with Crippen molar-refractivity contribution in [1.82, 2.24) is 15.5 Å². The second kappa shape index (κ2) is 7.45. The van der Waals surface area contributed by atoms with E-state index in [0.29, 0.717) is 6.04 Å². The fourth-order valence-electron chi connectivity index (χ4n) is 2.48. The summed E-state index contributed by atoms with van der Waals surface area (Å²) < 4.78 is 0. The van der Waals surface area contributed by atoms with E-state index in [9.17, 15) is 4.79 Å². The maximum Gasteiger partial charge on any atom is 0.219 e. The molecule has 2 heterocycles. The Hall–Kier alpha value is -1.56. The molecule has 0 bridgehead atoms. The lowest BCUT2D eigenvalue weighted by Crippen LogP contribution is -2.49. The van der Waals surface area contributed by atoms with Gasteiger partial charge in [0.25, 0.3) is 0 Å². The molecule has 1 aliphatic rings. The van der Waals surface area contributed by atoms with Crippen LogP contribution in [0, 0.1) is 6.92 Å². The van der Waals surface area contributed by atoms with Crippen LogP contribution in [0.2, 0.25) is 0 Å². The number of hydrogen-bond acceptors (Lipinski definition) is 3. The van der Waals surface area contributed by atoms with Gasteiger partial charge in [-0.3, -0.25) is 9.79 Å². The molecular weight excluding hydrogens is 284 g/mol. The van der Waals surface area contributed by atoms with Gasteiger partial charge < -0.3 is 15.5 Å². The highest BCUT2D eigenvalue weighted by molar-refractivity contribution is 7.10. The maximum atomic E-state index is 11.3. The first-order valence-corrected chi connectivity index (χ1v) is 8.23. The average molecular weight is 308 g/mol. The molecule has 0 atom stereocenters. The van der Waals surface area contributed by atoms with Crippen molar-refractivity contribution in [2.75, 3.05) is 20.1 Å². The van der Waals surface area contributed by atoms with Crippen LogP contribution in [0.25, 0.3) is 0 Å². The van der Waals surface area contributed by atoms with Crippen LogP contribution >= 0.6 is 11.3 Å². The molecule has 6 heteroatoms. The molecular formula is C15H24N4OS. The summed E-state index contributed by atoms with van der Waals surface area (Å²) in [7, 11) is 1.79. The lowest BCUT2D eigenvalue weighted by atomic mass is 10.1. The van der Waals surface area contributed by atoms with Crippen molar-refractivity contribution < 1.29 is 4.79 Å². The van der Waals surface area contributed by atoms with Crippen molar-refractivity contribution in [2.45, 2.75) is 39.3 Å². The number of amides is 1. The SMILES string of the molecule is CN=C(NCc1sccc1C)NC1CCN(C(C)=O)CC1. The van der Waals surface area contributed by atoms with Crippen LogP contribution in [0.4, 0.5) is 0 Å². The molecule has 1 amide bonds. The van der Waals surface area contributed by atoms with Gasteiger partial charge in [0, 0.05) is 38.0 Å². The molecule has 116 valence electrons. The van der Waals surface area contributed by atoms with Gasteiger partial charge in [0.2, 0.25) is 5.91 Å². The quantitative estimate of drug-likeness (QED) is 0.660. The number of thiophene rings is 1. The third-order valence-corrected chi connectivity index (χ3v) is 4.91. The number of nitrogens with one attached hydrogen (secondary N) is 2. The lowest BCUT2D eigenvalue weighted by molar-refractivity contribution is -0.129. The summed E-state index contributed by atoms with van der Waals surface area (Å²) in [6.45, 7) is 6.22. The Kier molecular flexibility index (Phi) is 5.61. The summed E-state index contributed by atoms with van der Waals surface area (Å²) >= 11 is 1.76. The summed E-state index contributed by atoms with van der Waals surface area (Å²) in [5, 5.41) is 8.93. The molecule has 1 saturated heterocycles. The number of aryl methyl sites for hydroxylation is 1. The van der Waals surface area contributed by atoms with Crippen LogP contribution in [0.5, 0.6) is 0 Å². The standard InChI is InChI=1S/C15H24N4OS/c1-11-6-9-21-14(11)10-17-15(16-3)18-13-4-7-19(8-5-13)12(2)20/h6,9,13H,4-5,7-8,10H2,1-3H3,(H2,16,17,18). The molecule has 1 aromatic rings.